The molecule has 0 aromatic rings. The van der Waals surface area contributed by atoms with Crippen LogP contribution in [0.15, 0.2) is 12.3 Å². The van der Waals surface area contributed by atoms with Crippen molar-refractivity contribution < 1.29 is 14.0 Å². The van der Waals surface area contributed by atoms with Gasteiger partial charge in [0.2, 0.25) is 0 Å². The van der Waals surface area contributed by atoms with E-state index in [4.69, 9.17) is 9.16 Å². The molecule has 1 fully saturated rings. The molecule has 1 aliphatic rings. The third kappa shape index (κ3) is 3.83. The number of hydrogen-bond acceptors (Lipinski definition) is 3. The molecule has 1 amide bonds. The molecule has 110 valence electrons. The first kappa shape index (κ1) is 16.2. The van der Waals surface area contributed by atoms with E-state index in [1.807, 2.05) is 0 Å². The van der Waals surface area contributed by atoms with Crippen LogP contribution in [0.5, 0.6) is 0 Å². The van der Waals surface area contributed by atoms with Gasteiger partial charge in [-0.1, -0.05) is 27.4 Å². The normalized spacial score (nSPS) is 21.5. The maximum atomic E-state index is 11.7. The van der Waals surface area contributed by atoms with Crippen LogP contribution in [0.3, 0.4) is 0 Å². The molecule has 1 atom stereocenters. The summed E-state index contributed by atoms with van der Waals surface area (Å²) in [6, 6.07) is 0. The predicted octanol–water partition coefficient (Wildman–Crippen LogP) is 3.75. The van der Waals surface area contributed by atoms with Gasteiger partial charge in [-0.05, 0) is 31.0 Å². The zero-order valence-electron chi connectivity index (χ0n) is 13.1. The summed E-state index contributed by atoms with van der Waals surface area (Å²) in [4.78, 5) is 13.3. The highest BCUT2D eigenvalue weighted by Gasteiger charge is 2.40. The lowest BCUT2D eigenvalue weighted by Crippen LogP contribution is -2.49. The van der Waals surface area contributed by atoms with E-state index in [2.05, 4.69) is 40.4 Å². The van der Waals surface area contributed by atoms with Crippen LogP contribution in [-0.2, 0) is 9.16 Å². The zero-order chi connectivity index (χ0) is 14.8. The molecule has 0 aromatic carbocycles. The van der Waals surface area contributed by atoms with Crippen LogP contribution in [-0.4, -0.2) is 39.1 Å². The molecule has 1 aliphatic heterocycles. The summed E-state index contributed by atoms with van der Waals surface area (Å²) in [5.74, 6) is 0. The first-order chi connectivity index (χ1) is 8.58. The van der Waals surface area contributed by atoms with Crippen LogP contribution in [0, 0.1) is 0 Å². The second-order valence-electron chi connectivity index (χ2n) is 6.69. The zero-order valence-corrected chi connectivity index (χ0v) is 14.1. The Hall–Kier alpha value is -0.813. The van der Waals surface area contributed by atoms with Crippen LogP contribution in [0.1, 0.15) is 33.6 Å². The number of piperidine rings is 1. The number of ether oxygens (including phenoxy) is 1. The van der Waals surface area contributed by atoms with E-state index in [0.29, 0.717) is 6.54 Å². The minimum atomic E-state index is -1.80. The smallest absolute Gasteiger partial charge is 0.413 e. The van der Waals surface area contributed by atoms with E-state index in [9.17, 15) is 4.79 Å². The van der Waals surface area contributed by atoms with Crippen molar-refractivity contribution in [3.63, 3.8) is 0 Å². The lowest BCUT2D eigenvalue weighted by molar-refractivity contribution is 0.0820. The van der Waals surface area contributed by atoms with Gasteiger partial charge in [0.1, 0.15) is 0 Å². The standard InChI is InChI=1S/C14H27NO3Si/c1-11-8-9-12(10-15(11)13(16)17-5)18-19(6,7)14(2,3)4/h12H,1,8-10H2,2-7H3/t12-/m0/s1. The fourth-order valence-electron chi connectivity index (χ4n) is 1.89. The number of amides is 1. The molecule has 1 rings (SSSR count). The van der Waals surface area contributed by atoms with E-state index in [0.717, 1.165) is 18.5 Å². The van der Waals surface area contributed by atoms with E-state index in [1.165, 1.54) is 7.11 Å². The molecular weight excluding hydrogens is 258 g/mol. The molecule has 0 radical (unpaired) electrons. The predicted molar refractivity (Wildman–Crippen MR) is 79.6 cm³/mol. The maximum Gasteiger partial charge on any atom is 0.413 e. The quantitative estimate of drug-likeness (QED) is 0.725. The van der Waals surface area contributed by atoms with Crippen molar-refractivity contribution in [3.8, 4) is 0 Å². The first-order valence-corrected chi connectivity index (χ1v) is 9.70. The summed E-state index contributed by atoms with van der Waals surface area (Å²) in [7, 11) is -0.401. The lowest BCUT2D eigenvalue weighted by atomic mass is 10.1. The average molecular weight is 285 g/mol. The van der Waals surface area contributed by atoms with Gasteiger partial charge in [-0.25, -0.2) is 4.79 Å². The van der Waals surface area contributed by atoms with Gasteiger partial charge >= 0.3 is 6.09 Å². The van der Waals surface area contributed by atoms with Crippen molar-refractivity contribution in [2.45, 2.75) is 57.8 Å². The van der Waals surface area contributed by atoms with Crippen LogP contribution in [0.25, 0.3) is 0 Å². The van der Waals surface area contributed by atoms with Gasteiger partial charge in [0.25, 0.3) is 0 Å². The van der Waals surface area contributed by atoms with Crippen LogP contribution in [0.2, 0.25) is 18.1 Å². The Balaban J connectivity index is 2.72. The Morgan fingerprint density at radius 3 is 2.47 bits per heavy atom. The van der Waals surface area contributed by atoms with Gasteiger partial charge in [0, 0.05) is 5.70 Å². The van der Waals surface area contributed by atoms with E-state index in [1.54, 1.807) is 4.90 Å². The van der Waals surface area contributed by atoms with Gasteiger partial charge in [0.05, 0.1) is 19.8 Å². The highest BCUT2D eigenvalue weighted by Crippen LogP contribution is 2.38. The number of rotatable bonds is 2. The fourth-order valence-corrected chi connectivity index (χ4v) is 3.27. The molecule has 1 saturated heterocycles. The summed E-state index contributed by atoms with van der Waals surface area (Å²) in [6.45, 7) is 15.6. The van der Waals surface area contributed by atoms with E-state index >= 15 is 0 Å². The Morgan fingerprint density at radius 2 is 2.00 bits per heavy atom. The fraction of sp³-hybridized carbons (Fsp3) is 0.786. The molecule has 19 heavy (non-hydrogen) atoms. The molecule has 4 nitrogen and oxygen atoms in total. The third-order valence-electron chi connectivity index (χ3n) is 4.19. The number of hydrogen-bond donors (Lipinski definition) is 0. The Morgan fingerprint density at radius 1 is 1.42 bits per heavy atom. The maximum absolute atomic E-state index is 11.7. The van der Waals surface area contributed by atoms with E-state index < -0.39 is 8.32 Å². The highest BCUT2D eigenvalue weighted by molar-refractivity contribution is 6.74. The first-order valence-electron chi connectivity index (χ1n) is 6.79. The van der Waals surface area contributed by atoms with Gasteiger partial charge in [0.15, 0.2) is 8.32 Å². The Bertz CT molecular complexity index is 352. The molecule has 0 aromatic heterocycles. The van der Waals surface area contributed by atoms with Gasteiger partial charge < -0.3 is 9.16 Å². The molecule has 0 aliphatic carbocycles. The lowest BCUT2D eigenvalue weighted by Gasteiger charge is -2.42. The van der Waals surface area contributed by atoms with Crippen molar-refractivity contribution in [1.82, 2.24) is 4.90 Å². The molecule has 5 heteroatoms. The SMILES string of the molecule is C=C1CC[C@H](O[Si](C)(C)C(C)(C)C)CN1C(=O)OC. The highest BCUT2D eigenvalue weighted by atomic mass is 28.4. The molecule has 0 unspecified atom stereocenters. The van der Waals surface area contributed by atoms with Gasteiger partial charge in [-0.15, -0.1) is 0 Å². The summed E-state index contributed by atoms with van der Waals surface area (Å²) < 4.78 is 11.2. The number of carbonyl (C=O) groups is 1. The molecular formula is C14H27NO3Si. The second kappa shape index (κ2) is 5.67. The monoisotopic (exact) mass is 285 g/mol. The molecule has 0 spiro atoms. The van der Waals surface area contributed by atoms with Gasteiger partial charge in [-0.3, -0.25) is 4.90 Å². The average Bonchev–Trinajstić information content (AvgIpc) is 2.29. The number of likely N-dealkylation sites (tertiary alicyclic amines) is 1. The number of methoxy groups -OCH3 is 1. The topological polar surface area (TPSA) is 38.8 Å². The number of nitrogens with zero attached hydrogens (tertiary/aromatic N) is 1. The van der Waals surface area contributed by atoms with Crippen LogP contribution in [0.4, 0.5) is 4.79 Å². The number of carbonyl (C=O) groups excluding carboxylic acids is 1. The number of allylic oxidation sites excluding steroid dienone is 1. The molecule has 0 N–H and O–H groups in total. The van der Waals surface area contributed by atoms with Crippen molar-refractivity contribution in [2.24, 2.45) is 0 Å². The third-order valence-corrected chi connectivity index (χ3v) is 8.72. The minimum Gasteiger partial charge on any atom is -0.452 e. The van der Waals surface area contributed by atoms with E-state index in [-0.39, 0.29) is 17.2 Å². The summed E-state index contributed by atoms with van der Waals surface area (Å²) in [5.41, 5.74) is 0.821. The Labute approximate surface area is 117 Å². The van der Waals surface area contributed by atoms with Crippen LogP contribution >= 0.6 is 0 Å². The van der Waals surface area contributed by atoms with Crippen molar-refractivity contribution >= 4 is 14.4 Å². The minimum absolute atomic E-state index is 0.0884. The second-order valence-corrected chi connectivity index (χ2v) is 11.4. The molecule has 0 saturated carbocycles. The van der Waals surface area contributed by atoms with Crippen molar-refractivity contribution in [2.75, 3.05) is 13.7 Å². The summed E-state index contributed by atoms with van der Waals surface area (Å²) in [6.07, 6.45) is 1.46. The molecule has 1 heterocycles. The van der Waals surface area contributed by atoms with Crippen molar-refractivity contribution in [3.05, 3.63) is 12.3 Å². The van der Waals surface area contributed by atoms with Gasteiger partial charge in [-0.2, -0.15) is 0 Å². The van der Waals surface area contributed by atoms with Crippen molar-refractivity contribution in [1.29, 1.82) is 0 Å². The summed E-state index contributed by atoms with van der Waals surface area (Å²) >= 11 is 0. The Kier molecular flexibility index (Phi) is 4.85. The van der Waals surface area contributed by atoms with Crippen LogP contribution < -0.4 is 0 Å². The summed E-state index contributed by atoms with van der Waals surface area (Å²) in [5, 5.41) is 0.178. The molecule has 0 bridgehead atoms. The largest absolute Gasteiger partial charge is 0.452 e.